The molecule has 1 aliphatic heterocycles. The van der Waals surface area contributed by atoms with E-state index >= 15 is 0 Å². The Hall–Kier alpha value is -3.13. The highest BCUT2D eigenvalue weighted by molar-refractivity contribution is 8.03. The van der Waals surface area contributed by atoms with Crippen LogP contribution in [0.3, 0.4) is 0 Å². The third kappa shape index (κ3) is 5.73. The molecule has 0 saturated heterocycles. The van der Waals surface area contributed by atoms with Gasteiger partial charge in [-0.25, -0.2) is 14.4 Å². The fraction of sp³-hybridized carbons (Fsp3) is 0.304. The molecule has 0 bridgehead atoms. The van der Waals surface area contributed by atoms with Crippen molar-refractivity contribution in [2.24, 2.45) is 0 Å². The van der Waals surface area contributed by atoms with Crippen molar-refractivity contribution in [2.75, 3.05) is 19.8 Å². The van der Waals surface area contributed by atoms with Crippen LogP contribution in [0.2, 0.25) is 0 Å². The molecule has 162 valence electrons. The summed E-state index contributed by atoms with van der Waals surface area (Å²) in [6.07, 6.45) is 2.46. The molecule has 1 aliphatic carbocycles. The molecule has 0 radical (unpaired) electrons. The van der Waals surface area contributed by atoms with Crippen molar-refractivity contribution in [1.82, 2.24) is 0 Å². The fourth-order valence-corrected chi connectivity index (χ4v) is 4.22. The first kappa shape index (κ1) is 22.6. The van der Waals surface area contributed by atoms with Crippen LogP contribution in [0.15, 0.2) is 63.4 Å². The Labute approximate surface area is 184 Å². The Balaban J connectivity index is 1.49. The number of ketones is 1. The van der Waals surface area contributed by atoms with Gasteiger partial charge in [-0.05, 0) is 18.6 Å². The predicted octanol–water partition coefficient (Wildman–Crippen LogP) is 3.08. The third-order valence-electron chi connectivity index (χ3n) is 4.57. The third-order valence-corrected chi connectivity index (χ3v) is 5.86. The number of rotatable bonds is 8. The maximum atomic E-state index is 12.6. The summed E-state index contributed by atoms with van der Waals surface area (Å²) in [5.41, 5.74) is 2.24. The lowest BCUT2D eigenvalue weighted by Gasteiger charge is -2.25. The minimum absolute atomic E-state index is 0.0136. The van der Waals surface area contributed by atoms with Gasteiger partial charge in [0.2, 0.25) is 0 Å². The number of thioether (sulfide) groups is 1. The molecule has 0 saturated carbocycles. The van der Waals surface area contributed by atoms with Crippen LogP contribution in [0.4, 0.5) is 0 Å². The van der Waals surface area contributed by atoms with Crippen LogP contribution in [0.25, 0.3) is 0 Å². The Morgan fingerprint density at radius 3 is 2.61 bits per heavy atom. The summed E-state index contributed by atoms with van der Waals surface area (Å²) >= 11 is 1.36. The number of ether oxygens (including phenoxy) is 3. The molecule has 0 amide bonds. The summed E-state index contributed by atoms with van der Waals surface area (Å²) < 4.78 is 15.0. The molecule has 3 rings (SSSR count). The zero-order valence-electron chi connectivity index (χ0n) is 17.1. The van der Waals surface area contributed by atoms with Gasteiger partial charge < -0.3 is 14.2 Å². The number of esters is 3. The van der Waals surface area contributed by atoms with Gasteiger partial charge in [0.1, 0.15) is 0 Å². The average molecular weight is 442 g/mol. The number of carbonyl (C=O) groups excluding carboxylic acids is 4. The van der Waals surface area contributed by atoms with E-state index in [0.717, 1.165) is 10.5 Å². The van der Waals surface area contributed by atoms with E-state index in [1.165, 1.54) is 18.7 Å². The maximum absolute atomic E-state index is 12.6. The second-order valence-electron chi connectivity index (χ2n) is 7.01. The predicted molar refractivity (Wildman–Crippen MR) is 113 cm³/mol. The molecule has 0 atom stereocenters. The van der Waals surface area contributed by atoms with Gasteiger partial charge in [-0.1, -0.05) is 42.6 Å². The highest BCUT2D eigenvalue weighted by atomic mass is 32.2. The molecule has 31 heavy (non-hydrogen) atoms. The number of allylic oxidation sites excluding steroid dienone is 2. The van der Waals surface area contributed by atoms with Crippen LogP contribution < -0.4 is 0 Å². The Morgan fingerprint density at radius 2 is 1.84 bits per heavy atom. The quantitative estimate of drug-likeness (QED) is 0.262. The highest BCUT2D eigenvalue weighted by Crippen LogP contribution is 2.44. The monoisotopic (exact) mass is 442 g/mol. The molecule has 0 spiro atoms. The van der Waals surface area contributed by atoms with E-state index in [2.05, 4.69) is 6.58 Å². The van der Waals surface area contributed by atoms with E-state index in [1.54, 1.807) is 6.08 Å². The number of fused-ring (bicyclic) bond motifs is 1. The van der Waals surface area contributed by atoms with Crippen LogP contribution in [0.1, 0.15) is 25.3 Å². The molecule has 2 aliphatic rings. The largest absolute Gasteiger partial charge is 0.463 e. The van der Waals surface area contributed by atoms with Gasteiger partial charge in [-0.15, -0.1) is 0 Å². The second kappa shape index (κ2) is 10.3. The first-order valence-electron chi connectivity index (χ1n) is 9.75. The van der Waals surface area contributed by atoms with Gasteiger partial charge in [0.15, 0.2) is 12.4 Å². The zero-order valence-corrected chi connectivity index (χ0v) is 17.9. The van der Waals surface area contributed by atoms with Crippen molar-refractivity contribution >= 4 is 35.5 Å². The van der Waals surface area contributed by atoms with Crippen LogP contribution in [-0.2, 0) is 39.8 Å². The van der Waals surface area contributed by atoms with Crippen LogP contribution >= 0.6 is 11.8 Å². The van der Waals surface area contributed by atoms with Crippen molar-refractivity contribution in [2.45, 2.75) is 31.1 Å². The SMILES string of the molecule is C=C(C)C(=O)OCCCOC(=O)COC(=O)C1=CCC(=O)C2=C1Sc1ccccc1C2. The van der Waals surface area contributed by atoms with E-state index in [4.69, 9.17) is 14.2 Å². The smallest absolute Gasteiger partial charge is 0.344 e. The minimum Gasteiger partial charge on any atom is -0.463 e. The molecule has 1 heterocycles. The van der Waals surface area contributed by atoms with Gasteiger partial charge in [0.05, 0.1) is 18.8 Å². The number of benzene rings is 1. The summed E-state index contributed by atoms with van der Waals surface area (Å²) in [7, 11) is 0. The summed E-state index contributed by atoms with van der Waals surface area (Å²) in [4.78, 5) is 49.6. The number of hydrogen-bond acceptors (Lipinski definition) is 8. The first-order valence-corrected chi connectivity index (χ1v) is 10.6. The second-order valence-corrected chi connectivity index (χ2v) is 8.06. The van der Waals surface area contributed by atoms with Crippen molar-refractivity contribution in [3.8, 4) is 0 Å². The first-order chi connectivity index (χ1) is 14.9. The maximum Gasteiger partial charge on any atom is 0.344 e. The zero-order chi connectivity index (χ0) is 22.4. The van der Waals surface area contributed by atoms with Crippen molar-refractivity contribution < 1.29 is 33.4 Å². The standard InChI is InChI=1S/C23H22O7S/c1-14(2)22(26)29-11-5-10-28-20(25)13-30-23(27)16-8-9-18(24)17-12-15-6-3-4-7-19(15)31-21(16)17/h3-4,6-8H,1,5,9-13H2,2H3. The number of Topliss-reactive ketones (excluding diaryl/α,β-unsaturated/α-hetero) is 1. The van der Waals surface area contributed by atoms with Gasteiger partial charge in [0.25, 0.3) is 0 Å². The lowest BCUT2D eigenvalue weighted by atomic mass is 9.92. The summed E-state index contributed by atoms with van der Waals surface area (Å²) in [6, 6.07) is 7.72. The molecule has 1 aromatic carbocycles. The van der Waals surface area contributed by atoms with Gasteiger partial charge in [-0.2, -0.15) is 0 Å². The molecule has 1 aromatic rings. The summed E-state index contributed by atoms with van der Waals surface area (Å²) in [5.74, 6) is -1.89. The van der Waals surface area contributed by atoms with E-state index in [-0.39, 0.29) is 25.4 Å². The normalized spacial score (nSPS) is 14.7. The molecule has 0 fully saturated rings. The molecule has 0 aromatic heterocycles. The van der Waals surface area contributed by atoms with Gasteiger partial charge in [0, 0.05) is 40.2 Å². The molecular weight excluding hydrogens is 420 g/mol. The van der Waals surface area contributed by atoms with Crippen LogP contribution in [0, 0.1) is 0 Å². The fourth-order valence-electron chi connectivity index (χ4n) is 3.00. The van der Waals surface area contributed by atoms with Crippen molar-refractivity contribution in [1.29, 1.82) is 0 Å². The van der Waals surface area contributed by atoms with Crippen molar-refractivity contribution in [3.63, 3.8) is 0 Å². The highest BCUT2D eigenvalue weighted by Gasteiger charge is 2.32. The van der Waals surface area contributed by atoms with Crippen molar-refractivity contribution in [3.05, 3.63) is 64.1 Å². The van der Waals surface area contributed by atoms with E-state index in [1.807, 2.05) is 24.3 Å². The topological polar surface area (TPSA) is 96.0 Å². The lowest BCUT2D eigenvalue weighted by molar-refractivity contribution is -0.157. The molecule has 7 nitrogen and oxygen atoms in total. The van der Waals surface area contributed by atoms with E-state index < -0.39 is 24.5 Å². The number of carbonyl (C=O) groups is 4. The summed E-state index contributed by atoms with van der Waals surface area (Å²) in [6.45, 7) is 4.58. The van der Waals surface area contributed by atoms with Crippen LogP contribution in [-0.4, -0.2) is 43.5 Å². The molecular formula is C23H22O7S. The van der Waals surface area contributed by atoms with Gasteiger partial charge >= 0.3 is 17.9 Å². The Kier molecular flexibility index (Phi) is 7.46. The molecule has 0 unspecified atom stereocenters. The lowest BCUT2D eigenvalue weighted by Crippen LogP contribution is -2.23. The minimum atomic E-state index is -0.706. The van der Waals surface area contributed by atoms with E-state index in [0.29, 0.717) is 34.5 Å². The average Bonchev–Trinajstić information content (AvgIpc) is 2.76. The van der Waals surface area contributed by atoms with Crippen LogP contribution in [0.5, 0.6) is 0 Å². The summed E-state index contributed by atoms with van der Waals surface area (Å²) in [5, 5.41) is 0. The Bertz CT molecular complexity index is 1000. The molecule has 0 N–H and O–H groups in total. The van der Waals surface area contributed by atoms with E-state index in [9.17, 15) is 19.2 Å². The molecule has 8 heteroatoms. The number of hydrogen-bond donors (Lipinski definition) is 0. The Morgan fingerprint density at radius 1 is 1.10 bits per heavy atom. The van der Waals surface area contributed by atoms with Gasteiger partial charge in [-0.3, -0.25) is 4.79 Å².